The molecular formula is C53H56N6O2S2. The number of aromatic amines is 1. The van der Waals surface area contributed by atoms with Crippen LogP contribution in [0.5, 0.6) is 0 Å². The summed E-state index contributed by atoms with van der Waals surface area (Å²) >= 11 is 3.21. The van der Waals surface area contributed by atoms with Crippen LogP contribution in [-0.2, 0) is 9.59 Å². The number of amides is 2. The fourth-order valence-electron chi connectivity index (χ4n) is 8.56. The van der Waals surface area contributed by atoms with Gasteiger partial charge in [0.1, 0.15) is 21.7 Å². The van der Waals surface area contributed by atoms with E-state index in [-0.39, 0.29) is 23.7 Å². The summed E-state index contributed by atoms with van der Waals surface area (Å²) in [7, 11) is 0. The van der Waals surface area contributed by atoms with Crippen LogP contribution in [0.25, 0.3) is 59.4 Å². The molecule has 0 saturated carbocycles. The molecule has 3 aromatic heterocycles. The molecule has 322 valence electrons. The number of aliphatic imine (C=N–C) groups is 1. The molecule has 0 radical (unpaired) electrons. The van der Waals surface area contributed by atoms with Crippen molar-refractivity contribution < 1.29 is 9.59 Å². The van der Waals surface area contributed by atoms with Crippen molar-refractivity contribution in [2.24, 2.45) is 16.8 Å². The van der Waals surface area contributed by atoms with E-state index in [1.54, 1.807) is 22.7 Å². The number of unbranched alkanes of at least 4 members (excludes halogenated alkanes) is 2. The monoisotopic (exact) mass is 872 g/mol. The number of aryl methyl sites for hydroxylation is 2. The van der Waals surface area contributed by atoms with Crippen molar-refractivity contribution in [3.63, 3.8) is 0 Å². The third kappa shape index (κ3) is 9.11. The molecule has 0 aliphatic carbocycles. The number of fused-ring (bicyclic) bond motifs is 2. The van der Waals surface area contributed by atoms with Gasteiger partial charge in [0.25, 0.3) is 0 Å². The number of carbonyl (C=O) groups excluding carboxylic acids is 2. The van der Waals surface area contributed by atoms with E-state index in [0.717, 1.165) is 132 Å². The summed E-state index contributed by atoms with van der Waals surface area (Å²) < 4.78 is 2.12. The maximum absolute atomic E-state index is 14.3. The van der Waals surface area contributed by atoms with E-state index in [9.17, 15) is 9.59 Å². The third-order valence-electron chi connectivity index (χ3n) is 12.2. The van der Waals surface area contributed by atoms with Crippen molar-refractivity contribution in [1.29, 1.82) is 0 Å². The molecule has 0 saturated heterocycles. The second kappa shape index (κ2) is 19.6. The molecule has 4 heterocycles. The zero-order valence-electron chi connectivity index (χ0n) is 37.1. The molecule has 2 unspecified atom stereocenters. The molecule has 2 atom stereocenters. The van der Waals surface area contributed by atoms with Crippen LogP contribution in [0, 0.1) is 25.7 Å². The van der Waals surface area contributed by atoms with Crippen LogP contribution < -0.4 is 10.6 Å². The fraction of sp³-hybridized carbons (Fsp3) is 0.302. The van der Waals surface area contributed by atoms with Gasteiger partial charge in [-0.1, -0.05) is 126 Å². The Morgan fingerprint density at radius 3 is 1.73 bits per heavy atom. The first-order valence-corrected chi connectivity index (χ1v) is 24.1. The Morgan fingerprint density at radius 2 is 1.16 bits per heavy atom. The molecule has 8 nitrogen and oxygen atoms in total. The van der Waals surface area contributed by atoms with Crippen molar-refractivity contribution in [2.45, 2.75) is 92.9 Å². The van der Waals surface area contributed by atoms with Crippen molar-refractivity contribution in [3.8, 4) is 21.7 Å². The maximum Gasteiger partial charge on any atom is 0.228 e. The number of thiazole rings is 2. The van der Waals surface area contributed by atoms with Gasteiger partial charge in [0, 0.05) is 23.0 Å². The number of hydrogen-bond donors (Lipinski definition) is 3. The van der Waals surface area contributed by atoms with Crippen molar-refractivity contribution in [3.05, 3.63) is 130 Å². The van der Waals surface area contributed by atoms with Gasteiger partial charge in [-0.25, -0.2) is 15.0 Å². The Hall–Kier alpha value is -5.97. The normalized spacial score (nSPS) is 14.4. The van der Waals surface area contributed by atoms with Crippen LogP contribution in [-0.4, -0.2) is 32.6 Å². The third-order valence-corrected chi connectivity index (χ3v) is 14.3. The van der Waals surface area contributed by atoms with Crippen molar-refractivity contribution in [2.75, 3.05) is 5.32 Å². The predicted octanol–water partition coefficient (Wildman–Crippen LogP) is 14.0. The molecule has 0 spiro atoms. The molecular weight excluding hydrogens is 817 g/mol. The summed E-state index contributed by atoms with van der Waals surface area (Å²) in [6, 6.07) is 33.0. The number of nitrogens with one attached hydrogen (secondary N) is 3. The van der Waals surface area contributed by atoms with Crippen LogP contribution in [0.4, 0.5) is 5.82 Å². The van der Waals surface area contributed by atoms with E-state index in [4.69, 9.17) is 15.0 Å². The number of carbonyl (C=O) groups is 2. The van der Waals surface area contributed by atoms with Gasteiger partial charge in [-0.05, 0) is 92.1 Å². The maximum atomic E-state index is 14.3. The summed E-state index contributed by atoms with van der Waals surface area (Å²) in [5, 5.41) is 8.32. The molecule has 0 bridgehead atoms. The second-order valence-electron chi connectivity index (χ2n) is 16.5. The minimum atomic E-state index is -0.151. The van der Waals surface area contributed by atoms with Gasteiger partial charge >= 0.3 is 0 Å². The second-order valence-corrected chi connectivity index (χ2v) is 18.5. The van der Waals surface area contributed by atoms with E-state index in [1.165, 1.54) is 0 Å². The standard InChI is InChI=1S/C53H56N6O2S2/c1-7-11-23-34(9-3)50(60)58-48-46(52-56-38-27-17-19-29-42(38)62-52)44(36-25-15-13-21-32(36)5)40(54-48)31-41-45(37-26-16-14-22-33(37)6)47(53-57-39-28-18-20-30-43(39)63-53)49(55-41)59-51(61)35(10-4)24-12-8-2/h13-22,25-31,34-35,54H,7-12,23-24H2,1-6H3,(H,58,60)(H,55,59,61)/b41-31-. The minimum Gasteiger partial charge on any atom is -0.341 e. The van der Waals surface area contributed by atoms with Gasteiger partial charge in [-0.3, -0.25) is 9.59 Å². The van der Waals surface area contributed by atoms with Gasteiger partial charge in [0.05, 0.1) is 43.0 Å². The number of aromatic nitrogens is 3. The lowest BCUT2D eigenvalue weighted by atomic mass is 9.92. The molecule has 1 aliphatic rings. The zero-order valence-corrected chi connectivity index (χ0v) is 38.7. The topological polar surface area (TPSA) is 112 Å². The first-order chi connectivity index (χ1) is 30.7. The quantitative estimate of drug-likeness (QED) is 0.0897. The summed E-state index contributed by atoms with van der Waals surface area (Å²) in [6.07, 6.45) is 9.18. The fourth-order valence-corrected chi connectivity index (χ4v) is 10.6. The number of nitrogens with zero attached hydrogens (tertiary/aromatic N) is 3. The lowest BCUT2D eigenvalue weighted by Crippen LogP contribution is -2.35. The lowest BCUT2D eigenvalue weighted by Gasteiger charge is -2.16. The average molecular weight is 873 g/mol. The molecule has 3 N–H and O–H groups in total. The minimum absolute atomic E-state index is 0.0128. The summed E-state index contributed by atoms with van der Waals surface area (Å²) in [5.74, 6) is 0.754. The van der Waals surface area contributed by atoms with E-state index in [1.807, 2.05) is 54.6 Å². The number of hydrogen-bond acceptors (Lipinski definition) is 7. The highest BCUT2D eigenvalue weighted by Gasteiger charge is 2.33. The molecule has 2 amide bonds. The Bertz CT molecular complexity index is 2830. The zero-order chi connectivity index (χ0) is 44.0. The largest absolute Gasteiger partial charge is 0.341 e. The first kappa shape index (κ1) is 43.7. The lowest BCUT2D eigenvalue weighted by molar-refractivity contribution is -0.124. The van der Waals surface area contributed by atoms with E-state index < -0.39 is 0 Å². The van der Waals surface area contributed by atoms with Gasteiger partial charge in [0.15, 0.2) is 0 Å². The number of benzene rings is 4. The Kier molecular flexibility index (Phi) is 13.6. The number of rotatable bonds is 16. The van der Waals surface area contributed by atoms with E-state index in [0.29, 0.717) is 17.4 Å². The molecule has 10 heteroatoms. The molecule has 63 heavy (non-hydrogen) atoms. The van der Waals surface area contributed by atoms with Crippen LogP contribution in [0.1, 0.15) is 106 Å². The number of allylic oxidation sites excluding steroid dienone is 1. The molecule has 0 fully saturated rings. The molecule has 1 aliphatic heterocycles. The van der Waals surface area contributed by atoms with Crippen LogP contribution in [0.2, 0.25) is 0 Å². The summed E-state index contributed by atoms with van der Waals surface area (Å²) in [6.45, 7) is 12.7. The number of amidine groups is 1. The smallest absolute Gasteiger partial charge is 0.228 e. The highest BCUT2D eigenvalue weighted by molar-refractivity contribution is 7.21. The Balaban J connectivity index is 1.41. The van der Waals surface area contributed by atoms with E-state index in [2.05, 4.69) is 106 Å². The highest BCUT2D eigenvalue weighted by Crippen LogP contribution is 2.48. The van der Waals surface area contributed by atoms with Crippen LogP contribution in [0.3, 0.4) is 0 Å². The van der Waals surface area contributed by atoms with Crippen LogP contribution >= 0.6 is 22.7 Å². The Morgan fingerprint density at radius 1 is 0.635 bits per heavy atom. The molecule has 4 aromatic carbocycles. The Labute approximate surface area is 378 Å². The number of H-pyrrole nitrogens is 1. The van der Waals surface area contributed by atoms with Crippen molar-refractivity contribution in [1.82, 2.24) is 20.3 Å². The summed E-state index contributed by atoms with van der Waals surface area (Å²) in [5.41, 5.74) is 10.8. The van der Waals surface area contributed by atoms with Gasteiger partial charge in [0.2, 0.25) is 11.8 Å². The predicted molar refractivity (Wildman–Crippen MR) is 266 cm³/mol. The average Bonchev–Trinajstić information content (AvgIpc) is 4.07. The first-order valence-electron chi connectivity index (χ1n) is 22.5. The van der Waals surface area contributed by atoms with Crippen molar-refractivity contribution >= 4 is 83.8 Å². The molecule has 7 aromatic rings. The summed E-state index contributed by atoms with van der Waals surface area (Å²) in [4.78, 5) is 48.1. The van der Waals surface area contributed by atoms with E-state index >= 15 is 0 Å². The number of para-hydroxylation sites is 2. The van der Waals surface area contributed by atoms with Crippen LogP contribution in [0.15, 0.2) is 108 Å². The van der Waals surface area contributed by atoms with Gasteiger partial charge in [-0.2, -0.15) is 0 Å². The number of anilines is 1. The van der Waals surface area contributed by atoms with Gasteiger partial charge < -0.3 is 15.6 Å². The molecule has 8 rings (SSSR count). The SMILES string of the molecule is CCCCC(CC)C(=O)NC1=N/C(=C\c2[nH]c(NC(=O)C(CC)CCCC)c(-c3nc4ccccc4s3)c2-c2ccccc2C)C(c2ccccc2C)=C1c1nc2ccccc2s1. The van der Waals surface area contributed by atoms with Gasteiger partial charge in [-0.15, -0.1) is 22.7 Å². The highest BCUT2D eigenvalue weighted by atomic mass is 32.1.